The van der Waals surface area contributed by atoms with Crippen LogP contribution in [0.2, 0.25) is 0 Å². The molecule has 1 fully saturated rings. The molecule has 1 aromatic carbocycles. The van der Waals surface area contributed by atoms with E-state index in [1.807, 2.05) is 12.1 Å². The van der Waals surface area contributed by atoms with E-state index in [0.29, 0.717) is 31.3 Å². The molecule has 0 aromatic heterocycles. The third kappa shape index (κ3) is 4.59. The molecule has 128 valence electrons. The van der Waals surface area contributed by atoms with Gasteiger partial charge in [0, 0.05) is 32.9 Å². The number of rotatable bonds is 6. The van der Waals surface area contributed by atoms with Crippen molar-refractivity contribution in [3.8, 4) is 11.5 Å². The van der Waals surface area contributed by atoms with Gasteiger partial charge in [0.15, 0.2) is 0 Å². The smallest absolute Gasteiger partial charge is 0.239 e. The fourth-order valence-electron chi connectivity index (χ4n) is 2.84. The number of methoxy groups -OCH3 is 2. The molecule has 2 N–H and O–H groups in total. The van der Waals surface area contributed by atoms with Crippen LogP contribution in [0.4, 0.5) is 0 Å². The molecular weight excluding hydrogens is 296 g/mol. The summed E-state index contributed by atoms with van der Waals surface area (Å²) < 4.78 is 15.8. The SMILES string of the molecule is COc1cc(CN(C)C(=O)C(N)C2CCOCC2)cc(OC)c1. The second-order valence-electron chi connectivity index (χ2n) is 5.89. The Morgan fingerprint density at radius 1 is 1.26 bits per heavy atom. The molecular formula is C17H26N2O4. The van der Waals surface area contributed by atoms with Crippen molar-refractivity contribution in [1.29, 1.82) is 0 Å². The summed E-state index contributed by atoms with van der Waals surface area (Å²) in [6.07, 6.45) is 1.68. The molecule has 1 atom stereocenters. The van der Waals surface area contributed by atoms with Gasteiger partial charge in [-0.25, -0.2) is 0 Å². The van der Waals surface area contributed by atoms with E-state index in [1.165, 1.54) is 0 Å². The van der Waals surface area contributed by atoms with Gasteiger partial charge in [0.2, 0.25) is 5.91 Å². The molecule has 1 aliphatic heterocycles. The maximum atomic E-state index is 12.6. The van der Waals surface area contributed by atoms with Crippen molar-refractivity contribution in [3.63, 3.8) is 0 Å². The molecule has 1 aromatic rings. The zero-order valence-corrected chi connectivity index (χ0v) is 14.1. The summed E-state index contributed by atoms with van der Waals surface area (Å²) in [6.45, 7) is 1.83. The van der Waals surface area contributed by atoms with E-state index < -0.39 is 6.04 Å². The van der Waals surface area contributed by atoms with E-state index in [4.69, 9.17) is 19.9 Å². The van der Waals surface area contributed by atoms with Crippen molar-refractivity contribution in [3.05, 3.63) is 23.8 Å². The molecule has 2 rings (SSSR count). The lowest BCUT2D eigenvalue weighted by Crippen LogP contribution is -2.47. The predicted molar refractivity (Wildman–Crippen MR) is 87.5 cm³/mol. The minimum absolute atomic E-state index is 0.0429. The van der Waals surface area contributed by atoms with Crippen molar-refractivity contribution in [2.75, 3.05) is 34.5 Å². The maximum Gasteiger partial charge on any atom is 0.239 e. The lowest BCUT2D eigenvalue weighted by molar-refractivity contribution is -0.133. The van der Waals surface area contributed by atoms with Gasteiger partial charge in [-0.2, -0.15) is 0 Å². The number of nitrogens with zero attached hydrogens (tertiary/aromatic N) is 1. The Hall–Kier alpha value is -1.79. The van der Waals surface area contributed by atoms with E-state index in [9.17, 15) is 4.79 Å². The maximum absolute atomic E-state index is 12.6. The Kier molecular flexibility index (Phi) is 6.24. The summed E-state index contributed by atoms with van der Waals surface area (Å²) in [5.74, 6) is 1.56. The van der Waals surface area contributed by atoms with Crippen molar-refractivity contribution >= 4 is 5.91 Å². The number of carbonyl (C=O) groups is 1. The molecule has 0 bridgehead atoms. The van der Waals surface area contributed by atoms with Gasteiger partial charge < -0.3 is 24.8 Å². The monoisotopic (exact) mass is 322 g/mol. The van der Waals surface area contributed by atoms with Crippen LogP contribution in [0.1, 0.15) is 18.4 Å². The highest BCUT2D eigenvalue weighted by Gasteiger charge is 2.28. The Morgan fingerprint density at radius 2 is 1.83 bits per heavy atom. The van der Waals surface area contributed by atoms with Gasteiger partial charge in [0.25, 0.3) is 0 Å². The zero-order chi connectivity index (χ0) is 16.8. The van der Waals surface area contributed by atoms with E-state index >= 15 is 0 Å². The quantitative estimate of drug-likeness (QED) is 0.857. The summed E-state index contributed by atoms with van der Waals surface area (Å²) in [4.78, 5) is 14.2. The summed E-state index contributed by atoms with van der Waals surface area (Å²) >= 11 is 0. The van der Waals surface area contributed by atoms with Crippen LogP contribution in [0.25, 0.3) is 0 Å². The number of nitrogens with two attached hydrogens (primary N) is 1. The first-order valence-electron chi connectivity index (χ1n) is 7.85. The lowest BCUT2D eigenvalue weighted by atomic mass is 9.91. The van der Waals surface area contributed by atoms with Gasteiger partial charge in [0.05, 0.1) is 20.3 Å². The number of hydrogen-bond donors (Lipinski definition) is 1. The zero-order valence-electron chi connectivity index (χ0n) is 14.1. The third-order valence-corrected chi connectivity index (χ3v) is 4.27. The molecule has 0 saturated carbocycles. The Morgan fingerprint density at radius 3 is 2.35 bits per heavy atom. The topological polar surface area (TPSA) is 74.0 Å². The van der Waals surface area contributed by atoms with Gasteiger partial charge in [-0.05, 0) is 36.5 Å². The summed E-state index contributed by atoms with van der Waals surface area (Å²) in [5.41, 5.74) is 7.10. The summed E-state index contributed by atoms with van der Waals surface area (Å²) in [6, 6.07) is 5.12. The van der Waals surface area contributed by atoms with Crippen molar-refractivity contribution in [2.24, 2.45) is 11.7 Å². The Labute approximate surface area is 137 Å². The Balaban J connectivity index is 2.02. The number of carbonyl (C=O) groups excluding carboxylic acids is 1. The van der Waals surface area contributed by atoms with Crippen LogP contribution in [0, 0.1) is 5.92 Å². The van der Waals surface area contributed by atoms with Crippen LogP contribution in [0.5, 0.6) is 11.5 Å². The largest absolute Gasteiger partial charge is 0.497 e. The first kappa shape index (κ1) is 17.6. The molecule has 0 radical (unpaired) electrons. The number of hydrogen-bond acceptors (Lipinski definition) is 5. The van der Waals surface area contributed by atoms with Gasteiger partial charge in [0.1, 0.15) is 11.5 Å². The molecule has 6 nitrogen and oxygen atoms in total. The average Bonchev–Trinajstić information content (AvgIpc) is 2.60. The molecule has 0 spiro atoms. The minimum Gasteiger partial charge on any atom is -0.497 e. The highest BCUT2D eigenvalue weighted by atomic mass is 16.5. The van der Waals surface area contributed by atoms with Gasteiger partial charge in [-0.1, -0.05) is 0 Å². The van der Waals surface area contributed by atoms with E-state index in [0.717, 1.165) is 18.4 Å². The van der Waals surface area contributed by atoms with Crippen LogP contribution >= 0.6 is 0 Å². The first-order valence-corrected chi connectivity index (χ1v) is 7.85. The van der Waals surface area contributed by atoms with Crippen LogP contribution in [-0.2, 0) is 16.1 Å². The molecule has 0 aliphatic carbocycles. The van der Waals surface area contributed by atoms with Crippen LogP contribution in [0.3, 0.4) is 0 Å². The van der Waals surface area contributed by atoms with Gasteiger partial charge in [-0.3, -0.25) is 4.79 Å². The molecule has 1 aliphatic rings. The highest BCUT2D eigenvalue weighted by Crippen LogP contribution is 2.24. The molecule has 23 heavy (non-hydrogen) atoms. The second kappa shape index (κ2) is 8.17. The molecule has 1 amide bonds. The average molecular weight is 322 g/mol. The van der Waals surface area contributed by atoms with Crippen molar-refractivity contribution < 1.29 is 19.0 Å². The Bertz CT molecular complexity index is 507. The highest BCUT2D eigenvalue weighted by molar-refractivity contribution is 5.81. The number of ether oxygens (including phenoxy) is 3. The second-order valence-corrected chi connectivity index (χ2v) is 5.89. The molecule has 1 unspecified atom stereocenters. The predicted octanol–water partition coefficient (Wildman–Crippen LogP) is 1.42. The number of amides is 1. The van der Waals surface area contributed by atoms with E-state index in [-0.39, 0.29) is 11.8 Å². The fourth-order valence-corrected chi connectivity index (χ4v) is 2.84. The fraction of sp³-hybridized carbons (Fsp3) is 0.588. The lowest BCUT2D eigenvalue weighted by Gasteiger charge is -2.30. The van der Waals surface area contributed by atoms with Crippen LogP contribution in [-0.4, -0.2) is 51.3 Å². The summed E-state index contributed by atoms with van der Waals surface area (Å²) in [5, 5.41) is 0. The van der Waals surface area contributed by atoms with Crippen molar-refractivity contribution in [1.82, 2.24) is 4.90 Å². The minimum atomic E-state index is -0.476. The standard InChI is InChI=1S/C17H26N2O4/c1-19(17(20)16(18)13-4-6-23-7-5-13)11-12-8-14(21-2)10-15(9-12)22-3/h8-10,13,16H,4-7,11,18H2,1-3H3. The van der Waals surface area contributed by atoms with Crippen LogP contribution in [0.15, 0.2) is 18.2 Å². The number of benzene rings is 1. The molecule has 1 heterocycles. The van der Waals surface area contributed by atoms with E-state index in [1.54, 1.807) is 32.2 Å². The van der Waals surface area contributed by atoms with Gasteiger partial charge in [-0.15, -0.1) is 0 Å². The first-order chi connectivity index (χ1) is 11.0. The molecule has 1 saturated heterocycles. The summed E-state index contributed by atoms with van der Waals surface area (Å²) in [7, 11) is 4.98. The van der Waals surface area contributed by atoms with Crippen molar-refractivity contribution in [2.45, 2.75) is 25.4 Å². The molecule has 6 heteroatoms. The number of likely N-dealkylation sites (N-methyl/N-ethyl adjacent to an activating group) is 1. The van der Waals surface area contributed by atoms with Gasteiger partial charge >= 0.3 is 0 Å². The normalized spacial score (nSPS) is 16.7. The van der Waals surface area contributed by atoms with E-state index in [2.05, 4.69) is 0 Å². The van der Waals surface area contributed by atoms with Crippen LogP contribution < -0.4 is 15.2 Å². The third-order valence-electron chi connectivity index (χ3n) is 4.27.